The molecule has 178 valence electrons. The highest BCUT2D eigenvalue weighted by molar-refractivity contribution is 7.89. The standard InChI is InChI=1S/C26H28N2O5S/c1-32-23-8-4-3-7-18(23)17-11-12-21-20(15-17)26-19(22(16-29)27-21)13-14-28(26)34(30,31)25-10-6-5-9-24(25)33-2/h3-12,15,19,22,26-27,29H,13-14,16H2,1-2H3/t19-,22-,26-/m1/s1. The Morgan fingerprint density at radius 2 is 1.71 bits per heavy atom. The van der Waals surface area contributed by atoms with Gasteiger partial charge in [0.2, 0.25) is 10.0 Å². The molecule has 3 atom stereocenters. The van der Waals surface area contributed by atoms with Crippen LogP contribution >= 0.6 is 0 Å². The van der Waals surface area contributed by atoms with Gasteiger partial charge < -0.3 is 19.9 Å². The van der Waals surface area contributed by atoms with Crippen molar-refractivity contribution in [1.29, 1.82) is 0 Å². The monoisotopic (exact) mass is 480 g/mol. The lowest BCUT2D eigenvalue weighted by Crippen LogP contribution is -2.42. The molecule has 0 bridgehead atoms. The number of nitrogens with one attached hydrogen (secondary N) is 1. The summed E-state index contributed by atoms with van der Waals surface area (Å²) in [4.78, 5) is 0.152. The molecule has 8 heteroatoms. The molecule has 2 heterocycles. The summed E-state index contributed by atoms with van der Waals surface area (Å²) in [5, 5.41) is 13.5. The molecule has 0 aromatic heterocycles. The zero-order valence-electron chi connectivity index (χ0n) is 19.1. The number of rotatable bonds is 6. The Kier molecular flexibility index (Phi) is 5.97. The predicted octanol–water partition coefficient (Wildman–Crippen LogP) is 3.91. The number of para-hydroxylation sites is 2. The first-order valence-corrected chi connectivity index (χ1v) is 12.7. The van der Waals surface area contributed by atoms with Crippen molar-refractivity contribution in [2.45, 2.75) is 23.4 Å². The molecule has 7 nitrogen and oxygen atoms in total. The van der Waals surface area contributed by atoms with Gasteiger partial charge in [-0.25, -0.2) is 8.42 Å². The first-order valence-electron chi connectivity index (χ1n) is 11.3. The zero-order valence-corrected chi connectivity index (χ0v) is 20.0. The van der Waals surface area contributed by atoms with Crippen molar-refractivity contribution in [1.82, 2.24) is 4.31 Å². The Morgan fingerprint density at radius 3 is 2.44 bits per heavy atom. The molecule has 0 saturated carbocycles. The fourth-order valence-electron chi connectivity index (χ4n) is 5.30. The van der Waals surface area contributed by atoms with E-state index in [0.29, 0.717) is 18.7 Å². The summed E-state index contributed by atoms with van der Waals surface area (Å²) < 4.78 is 40.2. The Morgan fingerprint density at radius 1 is 1.00 bits per heavy atom. The van der Waals surface area contributed by atoms with Gasteiger partial charge in [0.15, 0.2) is 0 Å². The smallest absolute Gasteiger partial charge is 0.247 e. The van der Waals surface area contributed by atoms with Gasteiger partial charge in [-0.05, 0) is 47.9 Å². The van der Waals surface area contributed by atoms with E-state index in [-0.39, 0.29) is 23.5 Å². The minimum atomic E-state index is -3.84. The topological polar surface area (TPSA) is 88.1 Å². The van der Waals surface area contributed by atoms with E-state index < -0.39 is 16.1 Å². The fourth-order valence-corrected chi connectivity index (χ4v) is 7.12. The average molecular weight is 481 g/mol. The summed E-state index contributed by atoms with van der Waals surface area (Å²) in [6.45, 7) is 0.295. The second kappa shape index (κ2) is 8.94. The summed E-state index contributed by atoms with van der Waals surface area (Å²) in [6, 6.07) is 19.8. The third-order valence-corrected chi connectivity index (χ3v) is 8.82. The lowest BCUT2D eigenvalue weighted by molar-refractivity contribution is 0.210. The van der Waals surface area contributed by atoms with Gasteiger partial charge in [0, 0.05) is 23.7 Å². The molecular formula is C26H28N2O5S. The van der Waals surface area contributed by atoms with Crippen molar-refractivity contribution in [3.8, 4) is 22.6 Å². The maximum Gasteiger partial charge on any atom is 0.247 e. The molecule has 2 aliphatic heterocycles. The van der Waals surface area contributed by atoms with E-state index in [0.717, 1.165) is 28.1 Å². The van der Waals surface area contributed by atoms with Gasteiger partial charge in [0.05, 0.1) is 32.9 Å². The molecule has 3 aromatic carbocycles. The SMILES string of the molecule is COc1ccccc1-c1ccc2c(c1)[C@H]1[C@H](CCN1S(=O)(=O)c1ccccc1OC)[C@@H](CO)N2. The van der Waals surface area contributed by atoms with E-state index in [1.165, 1.54) is 7.11 Å². The molecule has 2 aliphatic rings. The zero-order chi connectivity index (χ0) is 23.9. The van der Waals surface area contributed by atoms with Gasteiger partial charge in [-0.3, -0.25) is 0 Å². The molecule has 0 unspecified atom stereocenters. The van der Waals surface area contributed by atoms with Crippen LogP contribution in [0.4, 0.5) is 5.69 Å². The number of sulfonamides is 1. The number of ether oxygens (including phenoxy) is 2. The third kappa shape index (κ3) is 3.62. The molecule has 1 saturated heterocycles. The van der Waals surface area contributed by atoms with Gasteiger partial charge in [-0.2, -0.15) is 4.31 Å². The Bertz CT molecular complexity index is 1310. The maximum atomic E-state index is 13.9. The number of aliphatic hydroxyl groups excluding tert-OH is 1. The van der Waals surface area contributed by atoms with Crippen LogP contribution in [0.3, 0.4) is 0 Å². The highest BCUT2D eigenvalue weighted by Crippen LogP contribution is 2.50. The molecular weight excluding hydrogens is 452 g/mol. The van der Waals surface area contributed by atoms with Gasteiger partial charge >= 0.3 is 0 Å². The minimum Gasteiger partial charge on any atom is -0.496 e. The normalized spacial score (nSPS) is 21.9. The minimum absolute atomic E-state index is 0.0603. The summed E-state index contributed by atoms with van der Waals surface area (Å²) in [7, 11) is -0.730. The van der Waals surface area contributed by atoms with Crippen LogP contribution in [0.15, 0.2) is 71.6 Å². The predicted molar refractivity (Wildman–Crippen MR) is 131 cm³/mol. The van der Waals surface area contributed by atoms with Crippen molar-refractivity contribution in [2.75, 3.05) is 32.7 Å². The number of hydrogen-bond donors (Lipinski definition) is 2. The van der Waals surface area contributed by atoms with Gasteiger partial charge in [0.1, 0.15) is 16.4 Å². The number of hydrogen-bond acceptors (Lipinski definition) is 6. The highest BCUT2D eigenvalue weighted by atomic mass is 32.2. The van der Waals surface area contributed by atoms with Crippen molar-refractivity contribution in [3.05, 3.63) is 72.3 Å². The van der Waals surface area contributed by atoms with Crippen molar-refractivity contribution in [3.63, 3.8) is 0 Å². The Labute approximate surface area is 200 Å². The van der Waals surface area contributed by atoms with Gasteiger partial charge in [0.25, 0.3) is 0 Å². The van der Waals surface area contributed by atoms with Crippen LogP contribution in [0.2, 0.25) is 0 Å². The van der Waals surface area contributed by atoms with E-state index in [2.05, 4.69) is 5.32 Å². The molecule has 34 heavy (non-hydrogen) atoms. The van der Waals surface area contributed by atoms with Crippen molar-refractivity contribution < 1.29 is 23.0 Å². The molecule has 0 radical (unpaired) electrons. The van der Waals surface area contributed by atoms with Gasteiger partial charge in [-0.15, -0.1) is 0 Å². The number of nitrogens with zero attached hydrogens (tertiary/aromatic N) is 1. The molecule has 3 aromatic rings. The van der Waals surface area contributed by atoms with Crippen LogP contribution in [-0.2, 0) is 10.0 Å². The van der Waals surface area contributed by atoms with Crippen LogP contribution in [0.25, 0.3) is 11.1 Å². The van der Waals surface area contributed by atoms with E-state index in [4.69, 9.17) is 9.47 Å². The van der Waals surface area contributed by atoms with E-state index >= 15 is 0 Å². The number of methoxy groups -OCH3 is 2. The summed E-state index contributed by atoms with van der Waals surface area (Å²) >= 11 is 0. The Hall–Kier alpha value is -3.07. The molecule has 2 N–H and O–H groups in total. The second-order valence-corrected chi connectivity index (χ2v) is 10.5. The lowest BCUT2D eigenvalue weighted by Gasteiger charge is -2.39. The quantitative estimate of drug-likeness (QED) is 0.556. The van der Waals surface area contributed by atoms with Crippen LogP contribution in [0.1, 0.15) is 18.0 Å². The largest absolute Gasteiger partial charge is 0.496 e. The van der Waals surface area contributed by atoms with E-state index in [1.807, 2.05) is 42.5 Å². The first-order chi connectivity index (χ1) is 16.5. The van der Waals surface area contributed by atoms with Gasteiger partial charge in [-0.1, -0.05) is 36.4 Å². The molecule has 0 amide bonds. The number of fused-ring (bicyclic) bond motifs is 3. The van der Waals surface area contributed by atoms with Crippen molar-refractivity contribution in [2.24, 2.45) is 5.92 Å². The summed E-state index contributed by atoms with van der Waals surface area (Å²) in [5.74, 6) is 1.01. The lowest BCUT2D eigenvalue weighted by atomic mass is 9.82. The first kappa shape index (κ1) is 22.7. The van der Waals surface area contributed by atoms with E-state index in [9.17, 15) is 13.5 Å². The van der Waals surface area contributed by atoms with Crippen LogP contribution in [0.5, 0.6) is 11.5 Å². The van der Waals surface area contributed by atoms with Crippen molar-refractivity contribution >= 4 is 15.7 Å². The highest BCUT2D eigenvalue weighted by Gasteiger charge is 2.49. The summed E-state index contributed by atoms with van der Waals surface area (Å²) in [6.07, 6.45) is 0.648. The number of aliphatic hydroxyl groups is 1. The average Bonchev–Trinajstić information content (AvgIpc) is 3.34. The molecule has 0 spiro atoms. The second-order valence-electron chi connectivity index (χ2n) is 8.60. The van der Waals surface area contributed by atoms with E-state index in [1.54, 1.807) is 35.7 Å². The maximum absolute atomic E-state index is 13.9. The van der Waals surface area contributed by atoms with Crippen LogP contribution in [-0.4, -0.2) is 51.2 Å². The van der Waals surface area contributed by atoms with Crippen LogP contribution < -0.4 is 14.8 Å². The Balaban J connectivity index is 1.64. The molecule has 0 aliphatic carbocycles. The fraction of sp³-hybridized carbons (Fsp3) is 0.308. The number of benzene rings is 3. The molecule has 1 fully saturated rings. The summed E-state index contributed by atoms with van der Waals surface area (Å²) in [5.41, 5.74) is 3.61. The third-order valence-electron chi connectivity index (χ3n) is 6.90. The number of anilines is 1. The molecule has 5 rings (SSSR count). The van der Waals surface area contributed by atoms with Crippen LogP contribution in [0, 0.1) is 5.92 Å².